The molecular formula is C12H14N4O4. The van der Waals surface area contributed by atoms with E-state index in [2.05, 4.69) is 5.32 Å². The molecule has 106 valence electrons. The van der Waals surface area contributed by atoms with Gasteiger partial charge in [0.15, 0.2) is 0 Å². The molecule has 8 heteroatoms. The van der Waals surface area contributed by atoms with Crippen molar-refractivity contribution in [1.29, 1.82) is 0 Å². The molecule has 0 saturated carbocycles. The van der Waals surface area contributed by atoms with E-state index in [0.717, 1.165) is 4.90 Å². The number of nitrogens with zero attached hydrogens (tertiary/aromatic N) is 3. The van der Waals surface area contributed by atoms with Crippen molar-refractivity contribution in [3.05, 3.63) is 33.9 Å². The largest absolute Gasteiger partial charge is 0.388 e. The summed E-state index contributed by atoms with van der Waals surface area (Å²) in [6.07, 6.45) is 0. The van der Waals surface area contributed by atoms with E-state index in [1.807, 2.05) is 0 Å². The zero-order chi connectivity index (χ0) is 14.9. The molecular weight excluding hydrogens is 264 g/mol. The van der Waals surface area contributed by atoms with E-state index in [0.29, 0.717) is 11.3 Å². The summed E-state index contributed by atoms with van der Waals surface area (Å²) >= 11 is 0. The molecule has 0 bridgehead atoms. The van der Waals surface area contributed by atoms with Gasteiger partial charge in [-0.15, -0.1) is 0 Å². The summed E-state index contributed by atoms with van der Waals surface area (Å²) in [6, 6.07) is 3.89. The monoisotopic (exact) mass is 278 g/mol. The van der Waals surface area contributed by atoms with Gasteiger partial charge in [0.2, 0.25) is 0 Å². The highest BCUT2D eigenvalue weighted by atomic mass is 16.6. The number of urea groups is 1. The quantitative estimate of drug-likeness (QED) is 0.504. The summed E-state index contributed by atoms with van der Waals surface area (Å²) in [4.78, 5) is 36.2. The van der Waals surface area contributed by atoms with Crippen molar-refractivity contribution in [2.24, 2.45) is 0 Å². The van der Waals surface area contributed by atoms with Crippen molar-refractivity contribution in [3.8, 4) is 0 Å². The normalized spacial score (nSPS) is 14.9. The van der Waals surface area contributed by atoms with Crippen LogP contribution in [0.4, 0.5) is 16.2 Å². The first kappa shape index (κ1) is 13.8. The molecule has 1 aliphatic rings. The first-order valence-electron chi connectivity index (χ1n) is 5.94. The average molecular weight is 278 g/mol. The van der Waals surface area contributed by atoms with Crippen molar-refractivity contribution in [3.63, 3.8) is 0 Å². The number of rotatable bonds is 4. The van der Waals surface area contributed by atoms with Crippen LogP contribution in [0.3, 0.4) is 0 Å². The van der Waals surface area contributed by atoms with Gasteiger partial charge in [-0.1, -0.05) is 0 Å². The predicted octanol–water partition coefficient (Wildman–Crippen LogP) is 1.03. The summed E-state index contributed by atoms with van der Waals surface area (Å²) in [7, 11) is 3.21. The third kappa shape index (κ3) is 2.40. The van der Waals surface area contributed by atoms with Crippen molar-refractivity contribution in [1.82, 2.24) is 9.80 Å². The average Bonchev–Trinajstić information content (AvgIpc) is 2.65. The van der Waals surface area contributed by atoms with Crippen LogP contribution in [-0.2, 0) is 11.3 Å². The van der Waals surface area contributed by atoms with Crippen LogP contribution < -0.4 is 5.32 Å². The highest BCUT2D eigenvalue weighted by molar-refractivity contribution is 6.01. The predicted molar refractivity (Wildman–Crippen MR) is 71.2 cm³/mol. The maximum Gasteiger partial charge on any atom is 0.327 e. The number of carbonyl (C=O) groups excluding carboxylic acids is 2. The lowest BCUT2D eigenvalue weighted by Gasteiger charge is -2.16. The first-order chi connectivity index (χ1) is 9.43. The van der Waals surface area contributed by atoms with Gasteiger partial charge in [0.25, 0.3) is 11.6 Å². The van der Waals surface area contributed by atoms with Gasteiger partial charge in [0, 0.05) is 37.5 Å². The van der Waals surface area contributed by atoms with Crippen molar-refractivity contribution >= 4 is 23.3 Å². The second kappa shape index (κ2) is 5.16. The van der Waals surface area contributed by atoms with Crippen molar-refractivity contribution < 1.29 is 14.5 Å². The van der Waals surface area contributed by atoms with Crippen LogP contribution in [0.25, 0.3) is 0 Å². The first-order valence-corrected chi connectivity index (χ1v) is 5.94. The Morgan fingerprint density at radius 3 is 2.60 bits per heavy atom. The number of hydrogen-bond donors (Lipinski definition) is 1. The fourth-order valence-corrected chi connectivity index (χ4v) is 2.06. The molecule has 1 aliphatic heterocycles. The van der Waals surface area contributed by atoms with Gasteiger partial charge in [-0.2, -0.15) is 0 Å². The SMILES string of the molecule is CNc1ccc([N+](=O)[O-])cc1CN1C(=O)CN(C)C1=O. The number of amides is 3. The molecule has 1 N–H and O–H groups in total. The Kier molecular flexibility index (Phi) is 3.55. The Morgan fingerprint density at radius 2 is 2.10 bits per heavy atom. The Labute approximate surface area is 115 Å². The highest BCUT2D eigenvalue weighted by Gasteiger charge is 2.34. The minimum absolute atomic E-state index is 0.0137. The molecule has 1 fully saturated rings. The lowest BCUT2D eigenvalue weighted by molar-refractivity contribution is -0.384. The van der Waals surface area contributed by atoms with Crippen LogP contribution in [-0.4, -0.2) is 47.3 Å². The number of imide groups is 1. The van der Waals surface area contributed by atoms with E-state index < -0.39 is 11.0 Å². The molecule has 0 aliphatic carbocycles. The van der Waals surface area contributed by atoms with Crippen LogP contribution in [0.15, 0.2) is 18.2 Å². The zero-order valence-electron chi connectivity index (χ0n) is 11.1. The Balaban J connectivity index is 2.32. The molecule has 20 heavy (non-hydrogen) atoms. The number of carbonyl (C=O) groups is 2. The van der Waals surface area contributed by atoms with Gasteiger partial charge in [-0.05, 0) is 6.07 Å². The molecule has 1 aromatic carbocycles. The fraction of sp³-hybridized carbons (Fsp3) is 0.333. The van der Waals surface area contributed by atoms with Crippen molar-refractivity contribution in [2.75, 3.05) is 26.0 Å². The Morgan fingerprint density at radius 1 is 1.40 bits per heavy atom. The van der Waals surface area contributed by atoms with Crippen LogP contribution >= 0.6 is 0 Å². The molecule has 0 aromatic heterocycles. The molecule has 0 atom stereocenters. The minimum atomic E-state index is -0.511. The summed E-state index contributed by atoms with van der Waals surface area (Å²) in [5.74, 6) is -0.314. The van der Waals surface area contributed by atoms with E-state index >= 15 is 0 Å². The number of hydrogen-bond acceptors (Lipinski definition) is 5. The molecule has 1 saturated heterocycles. The lowest BCUT2D eigenvalue weighted by Crippen LogP contribution is -2.31. The summed E-state index contributed by atoms with van der Waals surface area (Å²) < 4.78 is 0. The second-order valence-electron chi connectivity index (χ2n) is 4.47. The molecule has 1 aromatic rings. The maximum absolute atomic E-state index is 11.8. The third-order valence-electron chi connectivity index (χ3n) is 3.13. The molecule has 3 amide bonds. The number of benzene rings is 1. The molecule has 0 unspecified atom stereocenters. The number of likely N-dealkylation sites (N-methyl/N-ethyl adjacent to an activating group) is 1. The number of nitrogens with one attached hydrogen (secondary N) is 1. The summed E-state index contributed by atoms with van der Waals surface area (Å²) in [6.45, 7) is 0.0442. The van der Waals surface area contributed by atoms with Gasteiger partial charge < -0.3 is 10.2 Å². The highest BCUT2D eigenvalue weighted by Crippen LogP contribution is 2.24. The summed E-state index contributed by atoms with van der Waals surface area (Å²) in [5, 5.41) is 13.7. The Hall–Kier alpha value is -2.64. The van der Waals surface area contributed by atoms with E-state index in [9.17, 15) is 19.7 Å². The molecule has 8 nitrogen and oxygen atoms in total. The van der Waals surface area contributed by atoms with Crippen molar-refractivity contribution in [2.45, 2.75) is 6.54 Å². The minimum Gasteiger partial charge on any atom is -0.388 e. The van der Waals surface area contributed by atoms with E-state index in [4.69, 9.17) is 0 Å². The fourth-order valence-electron chi connectivity index (χ4n) is 2.06. The third-order valence-corrected chi connectivity index (χ3v) is 3.13. The van der Waals surface area contributed by atoms with E-state index in [-0.39, 0.29) is 24.7 Å². The number of non-ortho nitro benzene ring substituents is 1. The van der Waals surface area contributed by atoms with Gasteiger partial charge in [-0.25, -0.2) is 4.79 Å². The van der Waals surface area contributed by atoms with E-state index in [1.165, 1.54) is 24.1 Å². The van der Waals surface area contributed by atoms with Crippen LogP contribution in [0.5, 0.6) is 0 Å². The Bertz CT molecular complexity index is 587. The number of nitro benzene ring substituents is 1. The topological polar surface area (TPSA) is 95.8 Å². The van der Waals surface area contributed by atoms with Gasteiger partial charge >= 0.3 is 6.03 Å². The van der Waals surface area contributed by atoms with Gasteiger partial charge in [0.1, 0.15) is 6.54 Å². The number of anilines is 1. The molecule has 1 heterocycles. The molecule has 2 rings (SSSR count). The maximum atomic E-state index is 11.8. The van der Waals surface area contributed by atoms with E-state index in [1.54, 1.807) is 13.1 Å². The van der Waals surface area contributed by atoms with Gasteiger partial charge in [-0.3, -0.25) is 19.8 Å². The van der Waals surface area contributed by atoms with Gasteiger partial charge in [0.05, 0.1) is 11.5 Å². The molecule has 0 radical (unpaired) electrons. The number of nitro groups is 1. The van der Waals surface area contributed by atoms with Crippen LogP contribution in [0, 0.1) is 10.1 Å². The summed E-state index contributed by atoms with van der Waals surface area (Å²) in [5.41, 5.74) is 1.09. The van der Waals surface area contributed by atoms with Crippen LogP contribution in [0.1, 0.15) is 5.56 Å². The smallest absolute Gasteiger partial charge is 0.327 e. The standard InChI is InChI=1S/C12H14N4O4/c1-13-10-4-3-9(16(19)20)5-8(10)6-15-11(17)7-14(2)12(15)18/h3-5,13H,6-7H2,1-2H3. The molecule has 0 spiro atoms. The van der Waals surface area contributed by atoms with Crippen LogP contribution in [0.2, 0.25) is 0 Å². The second-order valence-corrected chi connectivity index (χ2v) is 4.47. The zero-order valence-corrected chi connectivity index (χ0v) is 11.1. The lowest BCUT2D eigenvalue weighted by atomic mass is 10.1.